The summed E-state index contributed by atoms with van der Waals surface area (Å²) in [4.78, 5) is 46.1. The van der Waals surface area contributed by atoms with E-state index in [1.54, 1.807) is 31.2 Å². The molecule has 1 amide bonds. The SMILES string of the molecule is C[C@@H]1CC(=O)[C@H](CC(=O)OCC(=O)NCc2ccc(Cl)cc2)[C@@H]1C[N+](=O)[O-]. The number of benzene rings is 1. The van der Waals surface area contributed by atoms with Crippen molar-refractivity contribution in [2.24, 2.45) is 17.8 Å². The number of hydrogen-bond donors (Lipinski definition) is 1. The van der Waals surface area contributed by atoms with Crippen LogP contribution in [0.15, 0.2) is 24.3 Å². The maximum atomic E-state index is 12.0. The van der Waals surface area contributed by atoms with Crippen LogP contribution < -0.4 is 5.32 Å². The molecule has 3 atom stereocenters. The van der Waals surface area contributed by atoms with Gasteiger partial charge in [0.05, 0.1) is 6.42 Å². The lowest BCUT2D eigenvalue weighted by Gasteiger charge is -2.17. The molecule has 146 valence electrons. The predicted octanol–water partition coefficient (Wildman–Crippen LogP) is 2.01. The minimum Gasteiger partial charge on any atom is -0.456 e. The van der Waals surface area contributed by atoms with Gasteiger partial charge >= 0.3 is 5.97 Å². The van der Waals surface area contributed by atoms with Gasteiger partial charge in [0.15, 0.2) is 6.61 Å². The van der Waals surface area contributed by atoms with Crippen LogP contribution in [-0.2, 0) is 25.7 Å². The van der Waals surface area contributed by atoms with Gasteiger partial charge in [0.2, 0.25) is 6.54 Å². The molecule has 0 heterocycles. The Labute approximate surface area is 161 Å². The predicted molar refractivity (Wildman–Crippen MR) is 96.5 cm³/mol. The molecule has 8 nitrogen and oxygen atoms in total. The quantitative estimate of drug-likeness (QED) is 0.408. The Kier molecular flexibility index (Phi) is 7.29. The van der Waals surface area contributed by atoms with E-state index in [0.717, 1.165) is 5.56 Å². The molecule has 1 aliphatic carbocycles. The summed E-state index contributed by atoms with van der Waals surface area (Å²) in [5.74, 6) is -2.72. The second-order valence-electron chi connectivity index (χ2n) is 6.70. The van der Waals surface area contributed by atoms with E-state index in [9.17, 15) is 24.5 Å². The zero-order valence-electron chi connectivity index (χ0n) is 14.9. The van der Waals surface area contributed by atoms with Gasteiger partial charge in [-0.3, -0.25) is 24.5 Å². The third-order valence-corrected chi connectivity index (χ3v) is 4.95. The third kappa shape index (κ3) is 6.32. The summed E-state index contributed by atoms with van der Waals surface area (Å²) in [5, 5.41) is 14.0. The molecule has 0 aliphatic heterocycles. The highest BCUT2D eigenvalue weighted by molar-refractivity contribution is 6.30. The molecule has 1 fully saturated rings. The average Bonchev–Trinajstić information content (AvgIpc) is 2.86. The molecule has 1 saturated carbocycles. The van der Waals surface area contributed by atoms with Crippen LogP contribution in [0.3, 0.4) is 0 Å². The maximum Gasteiger partial charge on any atom is 0.307 e. The maximum absolute atomic E-state index is 12.0. The summed E-state index contributed by atoms with van der Waals surface area (Å²) in [6, 6.07) is 6.92. The van der Waals surface area contributed by atoms with Gasteiger partial charge in [0.1, 0.15) is 5.78 Å². The number of Topliss-reactive ketones (excluding diaryl/α,β-unsaturated/α-hetero) is 1. The van der Waals surface area contributed by atoms with Gasteiger partial charge in [0.25, 0.3) is 5.91 Å². The smallest absolute Gasteiger partial charge is 0.307 e. The average molecular weight is 397 g/mol. The van der Waals surface area contributed by atoms with Gasteiger partial charge in [-0.15, -0.1) is 0 Å². The zero-order chi connectivity index (χ0) is 20.0. The van der Waals surface area contributed by atoms with E-state index in [0.29, 0.717) is 5.02 Å². The van der Waals surface area contributed by atoms with Crippen molar-refractivity contribution >= 4 is 29.3 Å². The first kappa shape index (κ1) is 20.8. The molecule has 2 rings (SSSR count). The molecule has 0 saturated heterocycles. The summed E-state index contributed by atoms with van der Waals surface area (Å²) >= 11 is 5.78. The van der Waals surface area contributed by atoms with E-state index in [1.165, 1.54) is 0 Å². The van der Waals surface area contributed by atoms with Crippen molar-refractivity contribution in [1.29, 1.82) is 0 Å². The van der Waals surface area contributed by atoms with Crippen LogP contribution in [0.25, 0.3) is 0 Å². The number of nitro groups is 1. The second kappa shape index (κ2) is 9.45. The number of halogens is 1. The van der Waals surface area contributed by atoms with Crippen molar-refractivity contribution in [2.45, 2.75) is 26.3 Å². The van der Waals surface area contributed by atoms with Crippen LogP contribution in [-0.4, -0.2) is 35.7 Å². The van der Waals surface area contributed by atoms with E-state index in [4.69, 9.17) is 16.3 Å². The standard InChI is InChI=1S/C18H21ClN2O6/c1-11-6-16(22)14(15(11)9-21(25)26)7-18(24)27-10-17(23)20-8-12-2-4-13(19)5-3-12/h2-5,11,14-15H,6-10H2,1H3,(H,20,23)/t11-,14-,15-/m1/s1. The normalized spacial score (nSPS) is 21.7. The molecule has 1 aromatic rings. The molecular weight excluding hydrogens is 376 g/mol. The van der Waals surface area contributed by atoms with Crippen LogP contribution in [0.5, 0.6) is 0 Å². The molecular formula is C18H21ClN2O6. The Balaban J connectivity index is 1.77. The summed E-state index contributed by atoms with van der Waals surface area (Å²) in [6.07, 6.45) is -0.0236. The molecule has 1 aliphatic rings. The number of carbonyl (C=O) groups is 3. The van der Waals surface area contributed by atoms with Crippen molar-refractivity contribution in [1.82, 2.24) is 5.32 Å². The number of amides is 1. The highest BCUT2D eigenvalue weighted by Gasteiger charge is 2.44. The molecule has 1 aromatic carbocycles. The number of carbonyl (C=O) groups excluding carboxylic acids is 3. The Morgan fingerprint density at radius 3 is 2.63 bits per heavy atom. The summed E-state index contributed by atoms with van der Waals surface area (Å²) < 4.78 is 4.92. The molecule has 1 N–H and O–H groups in total. The first-order valence-electron chi connectivity index (χ1n) is 8.57. The number of esters is 1. The van der Waals surface area contributed by atoms with Gasteiger partial charge in [-0.05, 0) is 23.6 Å². The van der Waals surface area contributed by atoms with Gasteiger partial charge in [-0.1, -0.05) is 30.7 Å². The number of hydrogen-bond acceptors (Lipinski definition) is 6. The number of nitrogens with zero attached hydrogens (tertiary/aromatic N) is 1. The molecule has 0 unspecified atom stereocenters. The Hall–Kier alpha value is -2.48. The van der Waals surface area contributed by atoms with Gasteiger partial charge in [-0.25, -0.2) is 0 Å². The molecule has 9 heteroatoms. The van der Waals surface area contributed by atoms with Gasteiger partial charge in [-0.2, -0.15) is 0 Å². The van der Waals surface area contributed by atoms with E-state index in [-0.39, 0.29) is 37.6 Å². The Bertz CT molecular complexity index is 721. The van der Waals surface area contributed by atoms with Gasteiger partial charge in [0, 0.05) is 34.7 Å². The molecule has 0 aromatic heterocycles. The van der Waals surface area contributed by atoms with Crippen molar-refractivity contribution in [3.63, 3.8) is 0 Å². The lowest BCUT2D eigenvalue weighted by Crippen LogP contribution is -2.30. The second-order valence-corrected chi connectivity index (χ2v) is 7.14. The molecule has 27 heavy (non-hydrogen) atoms. The fourth-order valence-electron chi connectivity index (χ4n) is 3.24. The van der Waals surface area contributed by atoms with E-state index < -0.39 is 35.2 Å². The zero-order valence-corrected chi connectivity index (χ0v) is 15.6. The minimum absolute atomic E-state index is 0.150. The van der Waals surface area contributed by atoms with Crippen LogP contribution in [0.2, 0.25) is 5.02 Å². The van der Waals surface area contributed by atoms with Crippen LogP contribution in [0.1, 0.15) is 25.3 Å². The van der Waals surface area contributed by atoms with Gasteiger partial charge < -0.3 is 10.1 Å². The van der Waals surface area contributed by atoms with Crippen molar-refractivity contribution in [3.8, 4) is 0 Å². The number of rotatable bonds is 8. The van der Waals surface area contributed by atoms with E-state index in [2.05, 4.69) is 5.32 Å². The largest absolute Gasteiger partial charge is 0.456 e. The van der Waals surface area contributed by atoms with E-state index >= 15 is 0 Å². The van der Waals surface area contributed by atoms with Crippen LogP contribution in [0.4, 0.5) is 0 Å². The fraction of sp³-hybridized carbons (Fsp3) is 0.500. The number of ketones is 1. The first-order valence-corrected chi connectivity index (χ1v) is 8.95. The third-order valence-electron chi connectivity index (χ3n) is 4.70. The molecule has 0 bridgehead atoms. The number of ether oxygens (including phenoxy) is 1. The molecule has 0 radical (unpaired) electrons. The monoisotopic (exact) mass is 396 g/mol. The Morgan fingerprint density at radius 1 is 1.33 bits per heavy atom. The summed E-state index contributed by atoms with van der Waals surface area (Å²) in [7, 11) is 0. The lowest BCUT2D eigenvalue weighted by molar-refractivity contribution is -0.490. The van der Waals surface area contributed by atoms with E-state index in [1.807, 2.05) is 0 Å². The van der Waals surface area contributed by atoms with Crippen molar-refractivity contribution in [2.75, 3.05) is 13.2 Å². The fourth-order valence-corrected chi connectivity index (χ4v) is 3.36. The molecule has 0 spiro atoms. The number of nitrogens with one attached hydrogen (secondary N) is 1. The summed E-state index contributed by atoms with van der Waals surface area (Å²) in [6.45, 7) is 1.20. The van der Waals surface area contributed by atoms with Crippen molar-refractivity contribution < 1.29 is 24.0 Å². The lowest BCUT2D eigenvalue weighted by atomic mass is 9.88. The van der Waals surface area contributed by atoms with Crippen LogP contribution in [0, 0.1) is 27.9 Å². The van der Waals surface area contributed by atoms with Crippen molar-refractivity contribution in [3.05, 3.63) is 45.0 Å². The first-order chi connectivity index (χ1) is 12.8. The topological polar surface area (TPSA) is 116 Å². The summed E-state index contributed by atoms with van der Waals surface area (Å²) in [5.41, 5.74) is 0.840. The van der Waals surface area contributed by atoms with Crippen LogP contribution >= 0.6 is 11.6 Å². The minimum atomic E-state index is -0.727. The highest BCUT2D eigenvalue weighted by Crippen LogP contribution is 2.36. The highest BCUT2D eigenvalue weighted by atomic mass is 35.5. The Morgan fingerprint density at radius 2 is 2.00 bits per heavy atom.